The van der Waals surface area contributed by atoms with Gasteiger partial charge in [0.25, 0.3) is 0 Å². The van der Waals surface area contributed by atoms with Crippen LogP contribution >= 0.6 is 15.9 Å². The summed E-state index contributed by atoms with van der Waals surface area (Å²) >= 11 is 3.51. The maximum Gasteiger partial charge on any atom is 0.0699 e. The van der Waals surface area contributed by atoms with Gasteiger partial charge in [-0.3, -0.25) is 0 Å². The van der Waals surface area contributed by atoms with E-state index >= 15 is 0 Å². The Bertz CT molecular complexity index is 146. The van der Waals surface area contributed by atoms with E-state index in [0.717, 1.165) is 18.5 Å². The van der Waals surface area contributed by atoms with Crippen LogP contribution in [0.15, 0.2) is 0 Å². The Morgan fingerprint density at radius 1 is 1.43 bits per heavy atom. The van der Waals surface area contributed by atoms with Gasteiger partial charge in [0, 0.05) is 24.5 Å². The van der Waals surface area contributed by atoms with E-state index in [9.17, 15) is 0 Å². The molecule has 0 saturated carbocycles. The minimum absolute atomic E-state index is 0.453. The third-order valence-electron chi connectivity index (χ3n) is 3.04. The predicted octanol–water partition coefficient (Wildman–Crippen LogP) is 2.56. The van der Waals surface area contributed by atoms with Crippen LogP contribution in [0.1, 0.15) is 33.1 Å². The monoisotopic (exact) mass is 263 g/mol. The summed E-state index contributed by atoms with van der Waals surface area (Å²) < 4.78 is 5.67. The Balaban J connectivity index is 2.12. The molecule has 14 heavy (non-hydrogen) atoms. The van der Waals surface area contributed by atoms with Crippen LogP contribution in [0.25, 0.3) is 0 Å². The van der Waals surface area contributed by atoms with Crippen molar-refractivity contribution in [3.8, 4) is 0 Å². The number of halogens is 1. The van der Waals surface area contributed by atoms with Crippen LogP contribution in [-0.2, 0) is 4.74 Å². The molecule has 1 fully saturated rings. The van der Waals surface area contributed by atoms with Gasteiger partial charge in [-0.1, -0.05) is 22.9 Å². The van der Waals surface area contributed by atoms with Gasteiger partial charge in [0.1, 0.15) is 0 Å². The lowest BCUT2D eigenvalue weighted by molar-refractivity contribution is 0.0149. The fraction of sp³-hybridized carbons (Fsp3) is 1.00. The van der Waals surface area contributed by atoms with Crippen molar-refractivity contribution in [1.82, 2.24) is 5.32 Å². The van der Waals surface area contributed by atoms with Gasteiger partial charge in [-0.2, -0.15) is 0 Å². The van der Waals surface area contributed by atoms with E-state index in [1.54, 1.807) is 0 Å². The molecule has 3 heteroatoms. The summed E-state index contributed by atoms with van der Waals surface area (Å²) in [6.45, 7) is 6.47. The molecule has 0 aromatic rings. The second kappa shape index (κ2) is 6.81. The first kappa shape index (κ1) is 12.5. The molecule has 3 atom stereocenters. The van der Waals surface area contributed by atoms with E-state index in [1.807, 2.05) is 0 Å². The van der Waals surface area contributed by atoms with Crippen LogP contribution in [0.4, 0.5) is 0 Å². The van der Waals surface area contributed by atoms with Gasteiger partial charge in [-0.15, -0.1) is 0 Å². The molecule has 1 aliphatic rings. The van der Waals surface area contributed by atoms with Crippen LogP contribution in [0.5, 0.6) is 0 Å². The Labute approximate surface area is 95.9 Å². The van der Waals surface area contributed by atoms with Gasteiger partial charge in [-0.05, 0) is 32.1 Å². The Hall–Kier alpha value is 0.400. The zero-order valence-corrected chi connectivity index (χ0v) is 10.8. The summed E-state index contributed by atoms with van der Waals surface area (Å²) in [5, 5.41) is 4.61. The van der Waals surface area contributed by atoms with Crippen molar-refractivity contribution in [2.24, 2.45) is 5.92 Å². The highest BCUT2D eigenvalue weighted by Crippen LogP contribution is 2.12. The Morgan fingerprint density at radius 3 is 2.79 bits per heavy atom. The van der Waals surface area contributed by atoms with E-state index in [-0.39, 0.29) is 0 Å². The lowest BCUT2D eigenvalue weighted by atomic mass is 10.1. The van der Waals surface area contributed by atoms with Gasteiger partial charge in [0.2, 0.25) is 0 Å². The van der Waals surface area contributed by atoms with Crippen molar-refractivity contribution in [3.05, 3.63) is 0 Å². The fourth-order valence-electron chi connectivity index (χ4n) is 1.62. The quantitative estimate of drug-likeness (QED) is 0.770. The SMILES string of the molecule is CC(CBr)C(C)NCC1CCCCO1. The zero-order valence-electron chi connectivity index (χ0n) is 9.26. The molecule has 0 aromatic heterocycles. The molecule has 1 N–H and O–H groups in total. The summed E-state index contributed by atoms with van der Waals surface area (Å²) in [5.74, 6) is 0.679. The van der Waals surface area contributed by atoms with Crippen molar-refractivity contribution in [2.45, 2.75) is 45.3 Å². The second-order valence-corrected chi connectivity index (χ2v) is 4.96. The molecule has 84 valence electrons. The van der Waals surface area contributed by atoms with Crippen molar-refractivity contribution >= 4 is 15.9 Å². The minimum Gasteiger partial charge on any atom is -0.377 e. The zero-order chi connectivity index (χ0) is 10.4. The molecule has 0 bridgehead atoms. The standard InChI is InChI=1S/C11H22BrNO/c1-9(7-12)10(2)13-8-11-5-3-4-6-14-11/h9-11,13H,3-8H2,1-2H3. The van der Waals surface area contributed by atoms with Crippen LogP contribution in [0.3, 0.4) is 0 Å². The average Bonchev–Trinajstić information content (AvgIpc) is 2.26. The molecule has 3 unspecified atom stereocenters. The Morgan fingerprint density at radius 2 is 2.21 bits per heavy atom. The third-order valence-corrected chi connectivity index (χ3v) is 4.06. The molecule has 0 aliphatic carbocycles. The van der Waals surface area contributed by atoms with Gasteiger partial charge >= 0.3 is 0 Å². The highest BCUT2D eigenvalue weighted by Gasteiger charge is 2.16. The number of ether oxygens (including phenoxy) is 1. The van der Waals surface area contributed by atoms with Gasteiger partial charge in [0.15, 0.2) is 0 Å². The highest BCUT2D eigenvalue weighted by atomic mass is 79.9. The smallest absolute Gasteiger partial charge is 0.0699 e. The van der Waals surface area contributed by atoms with Crippen LogP contribution in [-0.4, -0.2) is 30.6 Å². The molecule has 1 saturated heterocycles. The normalized spacial score (nSPS) is 27.2. The summed E-state index contributed by atoms with van der Waals surface area (Å²) in [4.78, 5) is 0. The summed E-state index contributed by atoms with van der Waals surface area (Å²) in [6, 6.07) is 0.569. The van der Waals surface area contributed by atoms with E-state index in [2.05, 4.69) is 35.1 Å². The van der Waals surface area contributed by atoms with Crippen molar-refractivity contribution in [3.63, 3.8) is 0 Å². The second-order valence-electron chi connectivity index (χ2n) is 4.32. The highest BCUT2D eigenvalue weighted by molar-refractivity contribution is 9.09. The number of hydrogen-bond acceptors (Lipinski definition) is 2. The number of hydrogen-bond donors (Lipinski definition) is 1. The predicted molar refractivity (Wildman–Crippen MR) is 64.0 cm³/mol. The number of nitrogens with one attached hydrogen (secondary N) is 1. The van der Waals surface area contributed by atoms with Gasteiger partial charge in [-0.25, -0.2) is 0 Å². The van der Waals surface area contributed by atoms with Crippen LogP contribution in [0.2, 0.25) is 0 Å². The molecule has 0 aromatic carbocycles. The van der Waals surface area contributed by atoms with Crippen molar-refractivity contribution in [1.29, 1.82) is 0 Å². The number of rotatable bonds is 5. The topological polar surface area (TPSA) is 21.3 Å². The van der Waals surface area contributed by atoms with E-state index < -0.39 is 0 Å². The maximum absolute atomic E-state index is 5.67. The molecule has 1 rings (SSSR count). The molecule has 1 heterocycles. The summed E-state index contributed by atoms with van der Waals surface area (Å²) in [7, 11) is 0. The van der Waals surface area contributed by atoms with Crippen LogP contribution < -0.4 is 5.32 Å². The van der Waals surface area contributed by atoms with Crippen molar-refractivity contribution in [2.75, 3.05) is 18.5 Å². The van der Waals surface area contributed by atoms with Gasteiger partial charge < -0.3 is 10.1 Å². The first-order valence-electron chi connectivity index (χ1n) is 5.65. The van der Waals surface area contributed by atoms with Crippen LogP contribution in [0, 0.1) is 5.92 Å². The molecular formula is C11H22BrNO. The molecule has 0 spiro atoms. The lowest BCUT2D eigenvalue weighted by Crippen LogP contribution is -2.40. The van der Waals surface area contributed by atoms with E-state index in [0.29, 0.717) is 18.1 Å². The summed E-state index contributed by atoms with van der Waals surface area (Å²) in [6.07, 6.45) is 4.25. The maximum atomic E-state index is 5.67. The first-order valence-corrected chi connectivity index (χ1v) is 6.77. The fourth-order valence-corrected chi connectivity index (χ4v) is 2.18. The number of alkyl halides is 1. The minimum atomic E-state index is 0.453. The van der Waals surface area contributed by atoms with Gasteiger partial charge in [0.05, 0.1) is 6.10 Å². The Kier molecular flexibility index (Phi) is 6.06. The molecule has 2 nitrogen and oxygen atoms in total. The largest absolute Gasteiger partial charge is 0.377 e. The first-order chi connectivity index (χ1) is 6.74. The molecular weight excluding hydrogens is 242 g/mol. The molecule has 0 radical (unpaired) electrons. The van der Waals surface area contributed by atoms with E-state index in [1.165, 1.54) is 19.3 Å². The van der Waals surface area contributed by atoms with Crippen molar-refractivity contribution < 1.29 is 4.74 Å². The lowest BCUT2D eigenvalue weighted by Gasteiger charge is -2.26. The average molecular weight is 264 g/mol. The molecule has 1 aliphatic heterocycles. The third kappa shape index (κ3) is 4.28. The van der Waals surface area contributed by atoms with E-state index in [4.69, 9.17) is 4.74 Å². The summed E-state index contributed by atoms with van der Waals surface area (Å²) in [5.41, 5.74) is 0. The molecule has 0 amide bonds.